The molecule has 2 heterocycles. The van der Waals surface area contributed by atoms with E-state index in [4.69, 9.17) is 5.26 Å². The van der Waals surface area contributed by atoms with E-state index in [1.165, 1.54) is 0 Å². The number of nitriles is 1. The summed E-state index contributed by atoms with van der Waals surface area (Å²) in [6.45, 7) is 0.782. The lowest BCUT2D eigenvalue weighted by molar-refractivity contribution is 0.804. The minimum absolute atomic E-state index is 0.467. The number of hydrogen-bond acceptors (Lipinski definition) is 2. The van der Waals surface area contributed by atoms with Gasteiger partial charge in [0.25, 0.3) is 0 Å². The van der Waals surface area contributed by atoms with Crippen LogP contribution in [0.3, 0.4) is 0 Å². The quantitative estimate of drug-likeness (QED) is 0.712. The van der Waals surface area contributed by atoms with Gasteiger partial charge in [0.1, 0.15) is 11.8 Å². The highest BCUT2D eigenvalue weighted by Crippen LogP contribution is 2.03. The van der Waals surface area contributed by atoms with Gasteiger partial charge in [0.2, 0.25) is 0 Å². The first-order valence-corrected chi connectivity index (χ1v) is 4.34. The summed E-state index contributed by atoms with van der Waals surface area (Å²) in [4.78, 5) is 3.92. The van der Waals surface area contributed by atoms with Crippen molar-refractivity contribution in [1.29, 1.82) is 5.26 Å². The Morgan fingerprint density at radius 3 is 2.86 bits per heavy atom. The van der Waals surface area contributed by atoms with Crippen LogP contribution in [0, 0.1) is 11.3 Å². The van der Waals surface area contributed by atoms with Gasteiger partial charge in [0.15, 0.2) is 0 Å². The number of rotatable bonds is 2. The average Bonchev–Trinajstić information content (AvgIpc) is 2.71. The lowest BCUT2D eigenvalue weighted by atomic mass is 10.2. The van der Waals surface area contributed by atoms with Crippen LogP contribution < -0.4 is 0 Å². The van der Waals surface area contributed by atoms with Gasteiger partial charge < -0.3 is 4.57 Å². The molecule has 0 atom stereocenters. The molecule has 0 aliphatic carbocycles. The normalized spacial score (nSPS) is 9.64. The highest BCUT2D eigenvalue weighted by molar-refractivity contribution is 5.25. The molecule has 0 saturated carbocycles. The molecule has 0 saturated heterocycles. The second-order valence-electron chi connectivity index (χ2n) is 3.02. The largest absolute Gasteiger partial charge is 0.350 e. The fourth-order valence-corrected chi connectivity index (χ4v) is 1.32. The summed E-state index contributed by atoms with van der Waals surface area (Å²) in [5.41, 5.74) is 1.56. The van der Waals surface area contributed by atoms with E-state index in [1.54, 1.807) is 12.3 Å². The van der Waals surface area contributed by atoms with Gasteiger partial charge in [-0.3, -0.25) is 0 Å². The Morgan fingerprint density at radius 2 is 2.14 bits per heavy atom. The first-order valence-electron chi connectivity index (χ1n) is 4.34. The zero-order valence-corrected chi connectivity index (χ0v) is 7.59. The Morgan fingerprint density at radius 1 is 1.36 bits per heavy atom. The van der Waals surface area contributed by atoms with E-state index < -0.39 is 0 Å². The molecule has 0 aliphatic heterocycles. The fraction of sp³-hybridized carbons (Fsp3) is 0.0909. The monoisotopic (exact) mass is 183 g/mol. The van der Waals surface area contributed by atoms with Crippen molar-refractivity contribution < 1.29 is 0 Å². The van der Waals surface area contributed by atoms with E-state index in [0.717, 1.165) is 12.1 Å². The van der Waals surface area contributed by atoms with E-state index in [1.807, 2.05) is 36.7 Å². The summed E-state index contributed by atoms with van der Waals surface area (Å²) in [5.74, 6) is 0. The lowest BCUT2D eigenvalue weighted by Gasteiger charge is -2.02. The number of hydrogen-bond donors (Lipinski definition) is 0. The van der Waals surface area contributed by atoms with Crippen molar-refractivity contribution in [3.8, 4) is 6.07 Å². The van der Waals surface area contributed by atoms with Crippen molar-refractivity contribution in [2.24, 2.45) is 0 Å². The summed E-state index contributed by atoms with van der Waals surface area (Å²) in [7, 11) is 0. The van der Waals surface area contributed by atoms with Crippen LogP contribution >= 0.6 is 0 Å². The molecule has 0 aromatic carbocycles. The number of pyridine rings is 1. The smallest absolute Gasteiger partial charge is 0.140 e. The maximum absolute atomic E-state index is 8.67. The van der Waals surface area contributed by atoms with Gasteiger partial charge in [-0.2, -0.15) is 5.26 Å². The van der Waals surface area contributed by atoms with E-state index in [-0.39, 0.29) is 0 Å². The van der Waals surface area contributed by atoms with Gasteiger partial charge >= 0.3 is 0 Å². The first kappa shape index (κ1) is 8.52. The maximum atomic E-state index is 8.67. The van der Waals surface area contributed by atoms with Crippen LogP contribution in [0.25, 0.3) is 0 Å². The fourth-order valence-electron chi connectivity index (χ4n) is 1.32. The topological polar surface area (TPSA) is 41.6 Å². The van der Waals surface area contributed by atoms with Crippen molar-refractivity contribution in [3.63, 3.8) is 0 Å². The second kappa shape index (κ2) is 3.75. The first-order chi connectivity index (χ1) is 6.88. The highest BCUT2D eigenvalue weighted by atomic mass is 14.9. The SMILES string of the molecule is N#Cc1cc(Cn2cccc2)ccn1. The van der Waals surface area contributed by atoms with Gasteiger partial charge in [-0.15, -0.1) is 0 Å². The van der Waals surface area contributed by atoms with Crippen LogP contribution in [0.5, 0.6) is 0 Å². The third-order valence-corrected chi connectivity index (χ3v) is 1.97. The van der Waals surface area contributed by atoms with Crippen molar-refractivity contribution >= 4 is 0 Å². The third-order valence-electron chi connectivity index (χ3n) is 1.97. The van der Waals surface area contributed by atoms with Gasteiger partial charge in [0.05, 0.1) is 0 Å². The Kier molecular flexibility index (Phi) is 2.28. The number of nitrogens with zero attached hydrogens (tertiary/aromatic N) is 3. The van der Waals surface area contributed by atoms with E-state index in [9.17, 15) is 0 Å². The molecule has 3 heteroatoms. The average molecular weight is 183 g/mol. The molecule has 68 valence electrons. The van der Waals surface area contributed by atoms with Gasteiger partial charge in [0, 0.05) is 25.1 Å². The molecule has 0 aliphatic rings. The summed E-state index contributed by atoms with van der Waals surface area (Å²) < 4.78 is 2.05. The molecule has 0 bridgehead atoms. The molecule has 0 radical (unpaired) electrons. The van der Waals surface area contributed by atoms with E-state index in [2.05, 4.69) is 9.55 Å². The van der Waals surface area contributed by atoms with Crippen LogP contribution in [0.2, 0.25) is 0 Å². The minimum Gasteiger partial charge on any atom is -0.350 e. The summed E-state index contributed by atoms with van der Waals surface area (Å²) in [6.07, 6.45) is 5.65. The van der Waals surface area contributed by atoms with Crippen LogP contribution in [0.1, 0.15) is 11.3 Å². The maximum Gasteiger partial charge on any atom is 0.140 e. The van der Waals surface area contributed by atoms with Crippen molar-refractivity contribution in [2.45, 2.75) is 6.54 Å². The molecule has 0 spiro atoms. The lowest BCUT2D eigenvalue weighted by Crippen LogP contribution is -1.97. The predicted octanol–water partition coefficient (Wildman–Crippen LogP) is 1.80. The molecular weight excluding hydrogens is 174 g/mol. The molecule has 0 amide bonds. The Bertz CT molecular complexity index is 452. The van der Waals surface area contributed by atoms with E-state index in [0.29, 0.717) is 5.69 Å². The molecular formula is C11H9N3. The summed E-state index contributed by atoms with van der Waals surface area (Å²) in [5, 5.41) is 8.67. The Hall–Kier alpha value is -2.08. The Labute approximate surface area is 82.2 Å². The van der Waals surface area contributed by atoms with Gasteiger partial charge in [-0.1, -0.05) is 0 Å². The predicted molar refractivity (Wildman–Crippen MR) is 52.5 cm³/mol. The molecule has 0 fully saturated rings. The molecule has 2 rings (SSSR count). The molecule has 14 heavy (non-hydrogen) atoms. The van der Waals surface area contributed by atoms with Crippen LogP contribution in [0.15, 0.2) is 42.9 Å². The number of aromatic nitrogens is 2. The molecule has 0 unspecified atom stereocenters. The van der Waals surface area contributed by atoms with Crippen LogP contribution in [-0.2, 0) is 6.54 Å². The zero-order chi connectivity index (χ0) is 9.80. The van der Waals surface area contributed by atoms with Crippen LogP contribution in [-0.4, -0.2) is 9.55 Å². The van der Waals surface area contributed by atoms with Crippen LogP contribution in [0.4, 0.5) is 0 Å². The van der Waals surface area contributed by atoms with Crippen molar-refractivity contribution in [3.05, 3.63) is 54.1 Å². The molecule has 2 aromatic rings. The summed E-state index contributed by atoms with van der Waals surface area (Å²) >= 11 is 0. The highest BCUT2D eigenvalue weighted by Gasteiger charge is 1.96. The molecule has 3 nitrogen and oxygen atoms in total. The van der Waals surface area contributed by atoms with Gasteiger partial charge in [-0.25, -0.2) is 4.98 Å². The van der Waals surface area contributed by atoms with Crippen molar-refractivity contribution in [1.82, 2.24) is 9.55 Å². The van der Waals surface area contributed by atoms with E-state index >= 15 is 0 Å². The zero-order valence-electron chi connectivity index (χ0n) is 7.59. The summed E-state index contributed by atoms with van der Waals surface area (Å²) in [6, 6.07) is 9.71. The Balaban J connectivity index is 2.22. The molecule has 2 aromatic heterocycles. The standard InChI is InChI=1S/C11H9N3/c12-8-11-7-10(3-4-13-11)9-14-5-1-2-6-14/h1-7H,9H2. The second-order valence-corrected chi connectivity index (χ2v) is 3.02. The third kappa shape index (κ3) is 1.80. The van der Waals surface area contributed by atoms with Crippen molar-refractivity contribution in [2.75, 3.05) is 0 Å². The minimum atomic E-state index is 0.467. The molecule has 0 N–H and O–H groups in total. The van der Waals surface area contributed by atoms with Gasteiger partial charge in [-0.05, 0) is 29.8 Å².